The van der Waals surface area contributed by atoms with Crippen molar-refractivity contribution >= 4 is 39.9 Å². The van der Waals surface area contributed by atoms with E-state index in [1.54, 1.807) is 31.2 Å². The van der Waals surface area contributed by atoms with Gasteiger partial charge in [0.2, 0.25) is 5.91 Å². The largest absolute Gasteiger partial charge is 0.423 e. The normalized spacial score (nSPS) is 10.2. The number of carbonyl (C=O) groups excluding carboxylic acids is 1. The molecule has 1 amide bonds. The zero-order valence-electron chi connectivity index (χ0n) is 10.2. The summed E-state index contributed by atoms with van der Waals surface area (Å²) in [5, 5.41) is 6.45. The fraction of sp³-hybridized carbons (Fsp3) is 0.154. The first-order valence-corrected chi connectivity index (χ1v) is 6.14. The van der Waals surface area contributed by atoms with Gasteiger partial charge < -0.3 is 15.1 Å². The van der Waals surface area contributed by atoms with Crippen LogP contribution in [0.2, 0.25) is 0 Å². The second-order valence-electron chi connectivity index (χ2n) is 3.86. The van der Waals surface area contributed by atoms with Crippen LogP contribution < -0.4 is 16.3 Å². The summed E-state index contributed by atoms with van der Waals surface area (Å²) in [4.78, 5) is 22.2. The number of thiocarbonyl (C=S) groups is 1. The highest BCUT2D eigenvalue weighted by Crippen LogP contribution is 2.17. The summed E-state index contributed by atoms with van der Waals surface area (Å²) in [5.74, 6) is -0.149. The molecular formula is C13H12N2O3S. The van der Waals surface area contributed by atoms with Crippen molar-refractivity contribution in [2.45, 2.75) is 13.3 Å². The highest BCUT2D eigenvalue weighted by Gasteiger charge is 2.03. The summed E-state index contributed by atoms with van der Waals surface area (Å²) in [6.07, 6.45) is 0.366. The van der Waals surface area contributed by atoms with Gasteiger partial charge in [0.05, 0.1) is 0 Å². The molecule has 1 heterocycles. The van der Waals surface area contributed by atoms with Gasteiger partial charge in [0, 0.05) is 23.6 Å². The van der Waals surface area contributed by atoms with Crippen LogP contribution in [0.25, 0.3) is 11.0 Å². The zero-order valence-corrected chi connectivity index (χ0v) is 11.0. The van der Waals surface area contributed by atoms with E-state index in [1.807, 2.05) is 0 Å². The maximum atomic E-state index is 11.2. The molecule has 0 bridgehead atoms. The van der Waals surface area contributed by atoms with Crippen molar-refractivity contribution in [2.24, 2.45) is 0 Å². The second kappa shape index (κ2) is 5.62. The molecule has 6 heteroatoms. The molecule has 2 N–H and O–H groups in total. The van der Waals surface area contributed by atoms with E-state index in [0.717, 1.165) is 5.39 Å². The molecule has 0 aliphatic heterocycles. The number of rotatable bonds is 2. The maximum absolute atomic E-state index is 11.2. The van der Waals surface area contributed by atoms with Crippen LogP contribution in [0.1, 0.15) is 13.3 Å². The van der Waals surface area contributed by atoms with Gasteiger partial charge in [0.15, 0.2) is 5.11 Å². The van der Waals surface area contributed by atoms with Crippen molar-refractivity contribution in [1.29, 1.82) is 0 Å². The predicted molar refractivity (Wildman–Crippen MR) is 77.1 cm³/mol. The van der Waals surface area contributed by atoms with Crippen molar-refractivity contribution in [3.63, 3.8) is 0 Å². The first-order chi connectivity index (χ1) is 9.08. The lowest BCUT2D eigenvalue weighted by Crippen LogP contribution is -2.33. The lowest BCUT2D eigenvalue weighted by molar-refractivity contribution is -0.119. The number of benzene rings is 1. The van der Waals surface area contributed by atoms with Gasteiger partial charge in [0.1, 0.15) is 5.58 Å². The number of anilines is 1. The molecular weight excluding hydrogens is 264 g/mol. The Bertz CT molecular complexity index is 694. The van der Waals surface area contributed by atoms with Crippen molar-refractivity contribution in [1.82, 2.24) is 5.32 Å². The number of amides is 1. The van der Waals surface area contributed by atoms with E-state index in [9.17, 15) is 9.59 Å². The van der Waals surface area contributed by atoms with Gasteiger partial charge in [-0.05, 0) is 36.5 Å². The summed E-state index contributed by atoms with van der Waals surface area (Å²) in [6, 6.07) is 8.19. The minimum Gasteiger partial charge on any atom is -0.423 e. The van der Waals surface area contributed by atoms with Crippen LogP contribution in [0.4, 0.5) is 5.69 Å². The highest BCUT2D eigenvalue weighted by molar-refractivity contribution is 7.80. The topological polar surface area (TPSA) is 71.3 Å². The van der Waals surface area contributed by atoms with Crippen molar-refractivity contribution in [3.8, 4) is 0 Å². The Balaban J connectivity index is 2.17. The quantitative estimate of drug-likeness (QED) is 0.648. The molecule has 0 spiro atoms. The molecule has 0 unspecified atom stereocenters. The maximum Gasteiger partial charge on any atom is 0.336 e. The Morgan fingerprint density at radius 2 is 2.11 bits per heavy atom. The van der Waals surface area contributed by atoms with Crippen LogP contribution in [-0.2, 0) is 4.79 Å². The molecule has 98 valence electrons. The monoisotopic (exact) mass is 276 g/mol. The van der Waals surface area contributed by atoms with Crippen LogP contribution in [0.5, 0.6) is 0 Å². The third-order valence-electron chi connectivity index (χ3n) is 2.45. The van der Waals surface area contributed by atoms with Gasteiger partial charge in [-0.3, -0.25) is 4.79 Å². The van der Waals surface area contributed by atoms with Crippen molar-refractivity contribution in [2.75, 3.05) is 5.32 Å². The molecule has 0 aliphatic rings. The average Bonchev–Trinajstić information content (AvgIpc) is 2.38. The summed E-state index contributed by atoms with van der Waals surface area (Å²) in [5.41, 5.74) is 0.822. The van der Waals surface area contributed by atoms with Gasteiger partial charge in [-0.25, -0.2) is 4.79 Å². The molecule has 1 aromatic heterocycles. The molecule has 2 rings (SSSR count). The minimum atomic E-state index is -0.390. The van der Waals surface area contributed by atoms with Gasteiger partial charge in [-0.2, -0.15) is 0 Å². The van der Waals surface area contributed by atoms with Crippen molar-refractivity contribution in [3.05, 3.63) is 40.8 Å². The van der Waals surface area contributed by atoms with Gasteiger partial charge in [0.25, 0.3) is 0 Å². The van der Waals surface area contributed by atoms with E-state index in [0.29, 0.717) is 17.7 Å². The summed E-state index contributed by atoms with van der Waals surface area (Å²) < 4.78 is 5.02. The molecule has 0 fully saturated rings. The molecule has 1 aromatic carbocycles. The Labute approximate surface area is 114 Å². The zero-order chi connectivity index (χ0) is 13.8. The Kier molecular flexibility index (Phi) is 3.91. The van der Waals surface area contributed by atoms with Gasteiger partial charge >= 0.3 is 5.63 Å². The summed E-state index contributed by atoms with van der Waals surface area (Å²) in [7, 11) is 0. The first-order valence-electron chi connectivity index (χ1n) is 5.73. The van der Waals surface area contributed by atoms with Crippen LogP contribution in [-0.4, -0.2) is 11.0 Å². The minimum absolute atomic E-state index is 0.149. The molecule has 0 atom stereocenters. The smallest absolute Gasteiger partial charge is 0.336 e. The second-order valence-corrected chi connectivity index (χ2v) is 4.27. The van der Waals surface area contributed by atoms with Crippen molar-refractivity contribution < 1.29 is 9.21 Å². The Morgan fingerprint density at radius 3 is 2.84 bits per heavy atom. The van der Waals surface area contributed by atoms with E-state index in [-0.39, 0.29) is 16.6 Å². The molecule has 0 saturated heterocycles. The third-order valence-corrected chi connectivity index (χ3v) is 2.66. The lowest BCUT2D eigenvalue weighted by Gasteiger charge is -2.09. The van der Waals surface area contributed by atoms with Crippen LogP contribution >= 0.6 is 12.2 Å². The number of nitrogens with one attached hydrogen (secondary N) is 2. The number of hydrogen-bond acceptors (Lipinski definition) is 4. The lowest BCUT2D eigenvalue weighted by atomic mass is 10.2. The summed E-state index contributed by atoms with van der Waals surface area (Å²) in [6.45, 7) is 1.75. The average molecular weight is 276 g/mol. The third kappa shape index (κ3) is 3.38. The first kappa shape index (κ1) is 13.2. The molecule has 0 saturated carbocycles. The van der Waals surface area contributed by atoms with Crippen LogP contribution in [0, 0.1) is 0 Å². The molecule has 2 aromatic rings. The number of fused-ring (bicyclic) bond motifs is 1. The number of carbonyl (C=O) groups is 1. The highest BCUT2D eigenvalue weighted by atomic mass is 32.1. The SMILES string of the molecule is CCC(=O)NC(=S)Nc1ccc2oc(=O)ccc2c1. The van der Waals surface area contributed by atoms with E-state index in [2.05, 4.69) is 10.6 Å². The summed E-state index contributed by atoms with van der Waals surface area (Å²) >= 11 is 5.01. The van der Waals surface area contributed by atoms with E-state index >= 15 is 0 Å². The van der Waals surface area contributed by atoms with Crippen LogP contribution in [0.15, 0.2) is 39.5 Å². The fourth-order valence-electron chi connectivity index (χ4n) is 1.53. The molecule has 0 radical (unpaired) electrons. The fourth-order valence-corrected chi connectivity index (χ4v) is 1.76. The van der Waals surface area contributed by atoms with Gasteiger partial charge in [-0.1, -0.05) is 6.92 Å². The number of hydrogen-bond donors (Lipinski definition) is 2. The van der Waals surface area contributed by atoms with Gasteiger partial charge in [-0.15, -0.1) is 0 Å². The van der Waals surface area contributed by atoms with E-state index in [4.69, 9.17) is 16.6 Å². The van der Waals surface area contributed by atoms with E-state index < -0.39 is 0 Å². The Morgan fingerprint density at radius 1 is 1.32 bits per heavy atom. The predicted octanol–water partition coefficient (Wildman–Crippen LogP) is 2.02. The standard InChI is InChI=1S/C13H12N2O3S/c1-2-11(16)15-13(19)14-9-4-5-10-8(7-9)3-6-12(17)18-10/h3-7H,2H2,1H3,(H2,14,15,16,19). The van der Waals surface area contributed by atoms with Crippen LogP contribution in [0.3, 0.4) is 0 Å². The molecule has 0 aliphatic carbocycles. The molecule has 5 nitrogen and oxygen atoms in total. The Hall–Kier alpha value is -2.21. The molecule has 19 heavy (non-hydrogen) atoms. The van der Waals surface area contributed by atoms with E-state index in [1.165, 1.54) is 6.07 Å².